The van der Waals surface area contributed by atoms with Crippen LogP contribution >= 0.6 is 0 Å². The second-order valence-electron chi connectivity index (χ2n) is 3.67. The lowest BCUT2D eigenvalue weighted by atomic mass is 10.4. The first-order valence-corrected chi connectivity index (χ1v) is 6.65. The van der Waals surface area contributed by atoms with Crippen LogP contribution in [0.25, 0.3) is 0 Å². The van der Waals surface area contributed by atoms with Crippen molar-refractivity contribution in [1.29, 1.82) is 5.26 Å². The Bertz CT molecular complexity index is 663. The SMILES string of the molecule is N#Cc1ncccc1S(=O)(=O)N(CC(N)=O)CC(N)=O. The van der Waals surface area contributed by atoms with Gasteiger partial charge in [-0.2, -0.15) is 9.57 Å². The molecule has 0 aliphatic rings. The van der Waals surface area contributed by atoms with Crippen LogP contribution in [0.4, 0.5) is 0 Å². The van der Waals surface area contributed by atoms with Crippen molar-refractivity contribution in [1.82, 2.24) is 9.29 Å². The highest BCUT2D eigenvalue weighted by molar-refractivity contribution is 7.89. The molecule has 106 valence electrons. The third-order valence-electron chi connectivity index (χ3n) is 2.16. The van der Waals surface area contributed by atoms with E-state index in [1.807, 2.05) is 0 Å². The molecule has 0 aliphatic carbocycles. The van der Waals surface area contributed by atoms with E-state index >= 15 is 0 Å². The Morgan fingerprint density at radius 1 is 1.30 bits per heavy atom. The molecule has 0 radical (unpaired) electrons. The molecule has 0 bridgehead atoms. The smallest absolute Gasteiger partial charge is 0.246 e. The van der Waals surface area contributed by atoms with Crippen molar-refractivity contribution in [2.75, 3.05) is 13.1 Å². The van der Waals surface area contributed by atoms with Crippen LogP contribution in [0.2, 0.25) is 0 Å². The van der Waals surface area contributed by atoms with Gasteiger partial charge < -0.3 is 11.5 Å². The van der Waals surface area contributed by atoms with Gasteiger partial charge in [-0.15, -0.1) is 0 Å². The Balaban J connectivity index is 3.32. The fourth-order valence-electron chi connectivity index (χ4n) is 1.40. The summed E-state index contributed by atoms with van der Waals surface area (Å²) in [5.41, 5.74) is 9.52. The summed E-state index contributed by atoms with van der Waals surface area (Å²) < 4.78 is 25.1. The van der Waals surface area contributed by atoms with E-state index in [2.05, 4.69) is 4.98 Å². The van der Waals surface area contributed by atoms with Gasteiger partial charge in [0.1, 0.15) is 11.0 Å². The molecule has 1 aromatic rings. The first-order valence-electron chi connectivity index (χ1n) is 5.21. The molecule has 10 heteroatoms. The summed E-state index contributed by atoms with van der Waals surface area (Å²) in [4.78, 5) is 25.0. The summed E-state index contributed by atoms with van der Waals surface area (Å²) in [5, 5.41) is 8.85. The highest BCUT2D eigenvalue weighted by atomic mass is 32.2. The molecule has 1 rings (SSSR count). The second kappa shape index (κ2) is 6.09. The molecule has 0 aromatic carbocycles. The Kier molecular flexibility index (Phi) is 4.73. The monoisotopic (exact) mass is 297 g/mol. The van der Waals surface area contributed by atoms with Crippen LogP contribution in [0.3, 0.4) is 0 Å². The summed E-state index contributed by atoms with van der Waals surface area (Å²) in [6.45, 7) is -1.46. The van der Waals surface area contributed by atoms with Gasteiger partial charge in [0.25, 0.3) is 0 Å². The molecule has 0 atom stereocenters. The first-order chi connectivity index (χ1) is 9.28. The van der Waals surface area contributed by atoms with Gasteiger partial charge in [0.15, 0.2) is 5.69 Å². The number of nitriles is 1. The van der Waals surface area contributed by atoms with E-state index in [0.717, 1.165) is 6.07 Å². The number of amides is 2. The first kappa shape index (κ1) is 15.5. The maximum atomic E-state index is 12.3. The summed E-state index contributed by atoms with van der Waals surface area (Å²) >= 11 is 0. The molecule has 2 amide bonds. The van der Waals surface area contributed by atoms with Crippen LogP contribution in [-0.2, 0) is 19.6 Å². The minimum Gasteiger partial charge on any atom is -0.369 e. The molecule has 9 nitrogen and oxygen atoms in total. The maximum absolute atomic E-state index is 12.3. The van der Waals surface area contributed by atoms with Crippen LogP contribution in [-0.4, -0.2) is 42.6 Å². The van der Waals surface area contributed by atoms with E-state index in [1.165, 1.54) is 12.3 Å². The van der Waals surface area contributed by atoms with Crippen molar-refractivity contribution in [2.24, 2.45) is 11.5 Å². The van der Waals surface area contributed by atoms with Gasteiger partial charge in [0.05, 0.1) is 13.1 Å². The molecule has 1 aromatic heterocycles. The summed E-state index contributed by atoms with van der Waals surface area (Å²) in [7, 11) is -4.29. The molecule has 0 spiro atoms. The van der Waals surface area contributed by atoms with Crippen molar-refractivity contribution in [3.63, 3.8) is 0 Å². The Morgan fingerprint density at radius 2 is 1.85 bits per heavy atom. The number of primary amides is 2. The van der Waals surface area contributed by atoms with E-state index in [1.54, 1.807) is 6.07 Å². The highest BCUT2D eigenvalue weighted by Crippen LogP contribution is 2.17. The summed E-state index contributed by atoms with van der Waals surface area (Å²) in [5.74, 6) is -1.92. The number of carbonyl (C=O) groups is 2. The largest absolute Gasteiger partial charge is 0.369 e. The van der Waals surface area contributed by atoms with Crippen LogP contribution in [0.1, 0.15) is 5.69 Å². The predicted octanol–water partition coefficient (Wildman–Crippen LogP) is -2.09. The maximum Gasteiger partial charge on any atom is 0.246 e. The lowest BCUT2D eigenvalue weighted by molar-refractivity contribution is -0.120. The number of pyridine rings is 1. The van der Waals surface area contributed by atoms with Crippen molar-refractivity contribution >= 4 is 21.8 Å². The summed E-state index contributed by atoms with van der Waals surface area (Å²) in [6.07, 6.45) is 1.24. The van der Waals surface area contributed by atoms with E-state index in [9.17, 15) is 18.0 Å². The van der Waals surface area contributed by atoms with Gasteiger partial charge in [0.2, 0.25) is 21.8 Å². The Labute approximate surface area is 114 Å². The Hall–Kier alpha value is -2.51. The van der Waals surface area contributed by atoms with E-state index in [4.69, 9.17) is 16.7 Å². The number of hydrogen-bond donors (Lipinski definition) is 2. The van der Waals surface area contributed by atoms with Crippen LogP contribution in [0, 0.1) is 11.3 Å². The Morgan fingerprint density at radius 3 is 2.30 bits per heavy atom. The third-order valence-corrected chi connectivity index (χ3v) is 3.98. The normalized spacial score (nSPS) is 11.0. The van der Waals surface area contributed by atoms with Crippen LogP contribution < -0.4 is 11.5 Å². The van der Waals surface area contributed by atoms with Gasteiger partial charge in [0, 0.05) is 6.20 Å². The molecule has 0 aliphatic heterocycles. The van der Waals surface area contributed by atoms with Crippen LogP contribution in [0.15, 0.2) is 23.2 Å². The molecule has 4 N–H and O–H groups in total. The summed E-state index contributed by atoms with van der Waals surface area (Å²) in [6, 6.07) is 4.05. The molecule has 0 fully saturated rings. The molecule has 20 heavy (non-hydrogen) atoms. The fourth-order valence-corrected chi connectivity index (χ4v) is 2.86. The zero-order chi connectivity index (χ0) is 15.3. The molecule has 0 saturated carbocycles. The number of nitrogens with zero attached hydrogens (tertiary/aromatic N) is 3. The zero-order valence-corrected chi connectivity index (χ0v) is 11.0. The predicted molar refractivity (Wildman–Crippen MR) is 66.1 cm³/mol. The minimum absolute atomic E-state index is 0.355. The van der Waals surface area contributed by atoms with Gasteiger partial charge in [-0.1, -0.05) is 0 Å². The number of sulfonamides is 1. The molecule has 0 unspecified atom stereocenters. The molecule has 0 saturated heterocycles. The van der Waals surface area contributed by atoms with Crippen molar-refractivity contribution in [2.45, 2.75) is 4.90 Å². The average molecular weight is 297 g/mol. The minimum atomic E-state index is -4.29. The van der Waals surface area contributed by atoms with Gasteiger partial charge >= 0.3 is 0 Å². The van der Waals surface area contributed by atoms with E-state index in [0.29, 0.717) is 4.31 Å². The van der Waals surface area contributed by atoms with E-state index in [-0.39, 0.29) is 5.69 Å². The number of rotatable bonds is 6. The van der Waals surface area contributed by atoms with Gasteiger partial charge in [-0.05, 0) is 12.1 Å². The number of nitrogens with two attached hydrogens (primary N) is 2. The van der Waals surface area contributed by atoms with Crippen LogP contribution in [0.5, 0.6) is 0 Å². The number of hydrogen-bond acceptors (Lipinski definition) is 6. The zero-order valence-electron chi connectivity index (χ0n) is 10.2. The molecular formula is C10H11N5O4S. The van der Waals surface area contributed by atoms with Gasteiger partial charge in [-0.3, -0.25) is 9.59 Å². The standard InChI is InChI=1S/C10H11N5O4S/c11-4-7-8(2-1-3-14-7)20(18,19)15(5-9(12)16)6-10(13)17/h1-3H,5-6H2,(H2,12,16)(H2,13,17). The van der Waals surface area contributed by atoms with Crippen molar-refractivity contribution in [3.05, 3.63) is 24.0 Å². The number of carbonyl (C=O) groups excluding carboxylic acids is 2. The van der Waals surface area contributed by atoms with Crippen molar-refractivity contribution in [3.8, 4) is 6.07 Å². The lowest BCUT2D eigenvalue weighted by Gasteiger charge is -2.19. The lowest BCUT2D eigenvalue weighted by Crippen LogP contribution is -2.43. The average Bonchev–Trinajstić information content (AvgIpc) is 2.36. The quantitative estimate of drug-likeness (QED) is 0.612. The number of aromatic nitrogens is 1. The van der Waals surface area contributed by atoms with Crippen molar-refractivity contribution < 1.29 is 18.0 Å². The third kappa shape index (κ3) is 3.50. The second-order valence-corrected chi connectivity index (χ2v) is 5.57. The van der Waals surface area contributed by atoms with Gasteiger partial charge in [-0.25, -0.2) is 13.4 Å². The topological polar surface area (TPSA) is 160 Å². The fraction of sp³-hybridized carbons (Fsp3) is 0.200. The highest BCUT2D eigenvalue weighted by Gasteiger charge is 2.30. The van der Waals surface area contributed by atoms with E-state index < -0.39 is 39.8 Å². The molecule has 1 heterocycles. The molecular weight excluding hydrogens is 286 g/mol.